The molecule has 1 amide bonds. The molecular formula is C11H11N5O3. The zero-order chi connectivity index (χ0) is 13.5. The van der Waals surface area contributed by atoms with Gasteiger partial charge in [0.25, 0.3) is 5.91 Å². The first-order valence-electron chi connectivity index (χ1n) is 5.45. The van der Waals surface area contributed by atoms with Crippen LogP contribution in [-0.2, 0) is 11.3 Å². The topological polar surface area (TPSA) is 110 Å². The summed E-state index contributed by atoms with van der Waals surface area (Å²) < 4.78 is 5.25. The van der Waals surface area contributed by atoms with Gasteiger partial charge in [0.2, 0.25) is 0 Å². The van der Waals surface area contributed by atoms with Crippen LogP contribution >= 0.6 is 0 Å². The number of carbonyl (C=O) groups excluding carboxylic acids is 2. The van der Waals surface area contributed by atoms with E-state index < -0.39 is 0 Å². The number of hydrogen-bond donors (Lipinski definition) is 2. The summed E-state index contributed by atoms with van der Waals surface area (Å²) in [5.74, 6) is 0.602. The molecule has 2 rings (SSSR count). The lowest BCUT2D eigenvalue weighted by molar-refractivity contribution is -0.123. The summed E-state index contributed by atoms with van der Waals surface area (Å²) in [6, 6.07) is 6.55. The highest BCUT2D eigenvalue weighted by Gasteiger charge is 2.04. The number of hydrogen-bond acceptors (Lipinski definition) is 6. The highest BCUT2D eigenvalue weighted by atomic mass is 16.5. The summed E-state index contributed by atoms with van der Waals surface area (Å²) in [7, 11) is 0. The monoisotopic (exact) mass is 261 g/mol. The molecule has 8 heteroatoms. The molecule has 0 aliphatic heterocycles. The Hall–Kier alpha value is -2.77. The molecule has 2 N–H and O–H groups in total. The Morgan fingerprint density at radius 2 is 2.37 bits per heavy atom. The van der Waals surface area contributed by atoms with Crippen LogP contribution in [0.4, 0.5) is 0 Å². The highest BCUT2D eigenvalue weighted by molar-refractivity contribution is 5.78. The van der Waals surface area contributed by atoms with Crippen LogP contribution in [0.5, 0.6) is 5.75 Å². The summed E-state index contributed by atoms with van der Waals surface area (Å²) in [5.41, 5.74) is 0.491. The van der Waals surface area contributed by atoms with Gasteiger partial charge in [-0.15, -0.1) is 5.10 Å². The maximum absolute atomic E-state index is 11.5. The third-order valence-electron chi connectivity index (χ3n) is 2.21. The minimum absolute atomic E-state index is 0.149. The number of amides is 1. The van der Waals surface area contributed by atoms with E-state index in [1.165, 1.54) is 0 Å². The molecule has 1 aromatic heterocycles. The number of benzene rings is 1. The molecule has 0 fully saturated rings. The van der Waals surface area contributed by atoms with Gasteiger partial charge in [0.05, 0.1) is 6.54 Å². The van der Waals surface area contributed by atoms with Crippen LogP contribution in [0, 0.1) is 0 Å². The van der Waals surface area contributed by atoms with Gasteiger partial charge in [-0.2, -0.15) is 0 Å². The highest BCUT2D eigenvalue weighted by Crippen LogP contribution is 2.11. The minimum Gasteiger partial charge on any atom is -0.484 e. The van der Waals surface area contributed by atoms with Crippen molar-refractivity contribution in [2.75, 3.05) is 6.61 Å². The number of aromatic amines is 1. The predicted octanol–water partition coefficient (Wildman–Crippen LogP) is -0.293. The van der Waals surface area contributed by atoms with Crippen LogP contribution in [-0.4, -0.2) is 39.4 Å². The van der Waals surface area contributed by atoms with Gasteiger partial charge in [0.1, 0.15) is 12.0 Å². The smallest absolute Gasteiger partial charge is 0.258 e. The molecule has 0 saturated carbocycles. The maximum Gasteiger partial charge on any atom is 0.258 e. The molecule has 0 saturated heterocycles. The van der Waals surface area contributed by atoms with E-state index in [4.69, 9.17) is 4.74 Å². The number of nitrogens with one attached hydrogen (secondary N) is 2. The Labute approximate surface area is 108 Å². The first-order valence-corrected chi connectivity index (χ1v) is 5.45. The van der Waals surface area contributed by atoms with Crippen LogP contribution in [0.25, 0.3) is 0 Å². The molecule has 0 spiro atoms. The van der Waals surface area contributed by atoms with E-state index in [0.29, 0.717) is 23.4 Å². The second-order valence-electron chi connectivity index (χ2n) is 3.60. The largest absolute Gasteiger partial charge is 0.484 e. The number of nitrogens with zero attached hydrogens (tertiary/aromatic N) is 3. The summed E-state index contributed by atoms with van der Waals surface area (Å²) in [6.07, 6.45) is 0.712. The molecule has 1 heterocycles. The van der Waals surface area contributed by atoms with Gasteiger partial charge in [-0.3, -0.25) is 9.59 Å². The van der Waals surface area contributed by atoms with Crippen molar-refractivity contribution in [2.45, 2.75) is 6.54 Å². The first kappa shape index (κ1) is 12.7. The third kappa shape index (κ3) is 3.87. The molecule has 0 aliphatic carbocycles. The lowest BCUT2D eigenvalue weighted by Crippen LogP contribution is -2.28. The molecular weight excluding hydrogens is 250 g/mol. The van der Waals surface area contributed by atoms with Crippen molar-refractivity contribution >= 4 is 12.2 Å². The molecule has 0 aliphatic rings. The fourth-order valence-electron chi connectivity index (χ4n) is 1.31. The van der Waals surface area contributed by atoms with E-state index >= 15 is 0 Å². The summed E-state index contributed by atoms with van der Waals surface area (Å²) in [6.45, 7) is 0.0491. The van der Waals surface area contributed by atoms with Gasteiger partial charge in [-0.05, 0) is 22.6 Å². The fourth-order valence-corrected chi connectivity index (χ4v) is 1.31. The number of H-pyrrole nitrogens is 1. The van der Waals surface area contributed by atoms with E-state index in [1.54, 1.807) is 24.3 Å². The van der Waals surface area contributed by atoms with Crippen LogP contribution in [0.2, 0.25) is 0 Å². The second kappa shape index (κ2) is 6.24. The van der Waals surface area contributed by atoms with Crippen molar-refractivity contribution in [3.8, 4) is 5.75 Å². The van der Waals surface area contributed by atoms with E-state index in [0.717, 1.165) is 0 Å². The minimum atomic E-state index is -0.312. The average Bonchev–Trinajstić information content (AvgIpc) is 2.96. The summed E-state index contributed by atoms with van der Waals surface area (Å²) in [5, 5.41) is 15.5. The number of tetrazole rings is 1. The van der Waals surface area contributed by atoms with Crippen LogP contribution in [0.15, 0.2) is 24.3 Å². The van der Waals surface area contributed by atoms with Crippen molar-refractivity contribution in [3.63, 3.8) is 0 Å². The molecule has 1 aromatic carbocycles. The van der Waals surface area contributed by atoms with E-state index in [2.05, 4.69) is 25.9 Å². The average molecular weight is 261 g/mol. The molecule has 0 bridgehead atoms. The molecule has 98 valence electrons. The van der Waals surface area contributed by atoms with Gasteiger partial charge in [-0.25, -0.2) is 5.10 Å². The van der Waals surface area contributed by atoms with E-state index in [9.17, 15) is 9.59 Å². The number of aldehydes is 1. The lowest BCUT2D eigenvalue weighted by Gasteiger charge is -2.06. The van der Waals surface area contributed by atoms with Gasteiger partial charge >= 0.3 is 0 Å². The number of aromatic nitrogens is 4. The van der Waals surface area contributed by atoms with Crippen LogP contribution < -0.4 is 10.1 Å². The fraction of sp³-hybridized carbons (Fsp3) is 0.182. The molecule has 0 atom stereocenters. The van der Waals surface area contributed by atoms with Crippen molar-refractivity contribution < 1.29 is 14.3 Å². The lowest BCUT2D eigenvalue weighted by atomic mass is 10.2. The SMILES string of the molecule is O=Cc1cccc(OCC(=O)NCc2nnn[nH]2)c1. The maximum atomic E-state index is 11.5. The molecule has 0 unspecified atom stereocenters. The Balaban J connectivity index is 1.78. The quantitative estimate of drug-likeness (QED) is 0.691. The predicted molar refractivity (Wildman–Crippen MR) is 63.3 cm³/mol. The van der Waals surface area contributed by atoms with E-state index in [-0.39, 0.29) is 19.1 Å². The van der Waals surface area contributed by atoms with Crippen molar-refractivity contribution in [2.24, 2.45) is 0 Å². The molecule has 0 radical (unpaired) electrons. The molecule has 2 aromatic rings. The second-order valence-corrected chi connectivity index (χ2v) is 3.60. The number of ether oxygens (including phenoxy) is 1. The Bertz CT molecular complexity index is 555. The van der Waals surface area contributed by atoms with Crippen LogP contribution in [0.1, 0.15) is 16.2 Å². The van der Waals surface area contributed by atoms with Crippen molar-refractivity contribution in [1.29, 1.82) is 0 Å². The number of rotatable bonds is 6. The standard InChI is InChI=1S/C11H11N5O3/c17-6-8-2-1-3-9(4-8)19-7-11(18)12-5-10-13-15-16-14-10/h1-4,6H,5,7H2,(H,12,18)(H,13,14,15,16). The number of carbonyl (C=O) groups is 2. The Morgan fingerprint density at radius 1 is 1.47 bits per heavy atom. The van der Waals surface area contributed by atoms with Gasteiger partial charge < -0.3 is 10.1 Å². The summed E-state index contributed by atoms with van der Waals surface area (Å²) in [4.78, 5) is 22.1. The van der Waals surface area contributed by atoms with Gasteiger partial charge in [0, 0.05) is 5.56 Å². The first-order chi connectivity index (χ1) is 9.28. The van der Waals surface area contributed by atoms with Crippen molar-refractivity contribution in [1.82, 2.24) is 25.9 Å². The third-order valence-corrected chi connectivity index (χ3v) is 2.21. The van der Waals surface area contributed by atoms with Gasteiger partial charge in [0.15, 0.2) is 12.4 Å². The normalized spacial score (nSPS) is 9.89. The van der Waals surface area contributed by atoms with Crippen molar-refractivity contribution in [3.05, 3.63) is 35.7 Å². The zero-order valence-electron chi connectivity index (χ0n) is 9.87. The van der Waals surface area contributed by atoms with Crippen LogP contribution in [0.3, 0.4) is 0 Å². The Kier molecular flexibility index (Phi) is 4.17. The zero-order valence-corrected chi connectivity index (χ0v) is 9.87. The van der Waals surface area contributed by atoms with Gasteiger partial charge in [-0.1, -0.05) is 12.1 Å². The molecule has 19 heavy (non-hydrogen) atoms. The van der Waals surface area contributed by atoms with E-state index in [1.807, 2.05) is 0 Å². The Morgan fingerprint density at radius 3 is 3.11 bits per heavy atom. The molecule has 8 nitrogen and oxygen atoms in total. The summed E-state index contributed by atoms with van der Waals surface area (Å²) >= 11 is 0.